The number of anilines is 1. The molecule has 0 bridgehead atoms. The first kappa shape index (κ1) is 16.5. The lowest BCUT2D eigenvalue weighted by Crippen LogP contribution is -2.41. The van der Waals surface area contributed by atoms with Crippen molar-refractivity contribution >= 4 is 17.6 Å². The van der Waals surface area contributed by atoms with Crippen molar-refractivity contribution in [2.24, 2.45) is 5.92 Å². The lowest BCUT2D eigenvalue weighted by atomic mass is 10.1. The fourth-order valence-electron chi connectivity index (χ4n) is 2.83. The summed E-state index contributed by atoms with van der Waals surface area (Å²) in [7, 11) is 0. The van der Waals surface area contributed by atoms with E-state index >= 15 is 0 Å². The second-order valence-electron chi connectivity index (χ2n) is 5.97. The number of aromatic nitrogens is 1. The van der Waals surface area contributed by atoms with Gasteiger partial charge in [0.25, 0.3) is 0 Å². The van der Waals surface area contributed by atoms with Crippen LogP contribution in [0, 0.1) is 12.8 Å². The minimum Gasteiger partial charge on any atom is -0.360 e. The number of carbonyl (C=O) groups is 2. The second kappa shape index (κ2) is 7.96. The summed E-state index contributed by atoms with van der Waals surface area (Å²) in [5.74, 6) is 1.03. The van der Waals surface area contributed by atoms with Gasteiger partial charge < -0.3 is 14.7 Å². The van der Waals surface area contributed by atoms with Crippen LogP contribution in [0.5, 0.6) is 0 Å². The molecule has 1 N–H and O–H groups in total. The first-order valence-electron chi connectivity index (χ1n) is 8.12. The smallest absolute Gasteiger partial charge is 0.245 e. The molecule has 6 heteroatoms. The third-order valence-corrected chi connectivity index (χ3v) is 4.03. The number of amides is 2. The van der Waals surface area contributed by atoms with Crippen LogP contribution in [0.3, 0.4) is 0 Å². The van der Waals surface area contributed by atoms with Crippen LogP contribution in [0.2, 0.25) is 0 Å². The average Bonchev–Trinajstić information content (AvgIpc) is 3.14. The average molecular weight is 307 g/mol. The minimum atomic E-state index is -0.226. The van der Waals surface area contributed by atoms with Crippen molar-refractivity contribution in [1.29, 1.82) is 0 Å². The van der Waals surface area contributed by atoms with Gasteiger partial charge in [0.15, 0.2) is 5.82 Å². The summed E-state index contributed by atoms with van der Waals surface area (Å²) in [4.78, 5) is 26.4. The van der Waals surface area contributed by atoms with E-state index in [1.54, 1.807) is 17.9 Å². The predicted molar refractivity (Wildman–Crippen MR) is 83.3 cm³/mol. The summed E-state index contributed by atoms with van der Waals surface area (Å²) < 4.78 is 4.92. The van der Waals surface area contributed by atoms with Gasteiger partial charge >= 0.3 is 0 Å². The molecule has 1 heterocycles. The van der Waals surface area contributed by atoms with Gasteiger partial charge in [0.05, 0.1) is 6.54 Å². The van der Waals surface area contributed by atoms with Crippen molar-refractivity contribution in [3.63, 3.8) is 0 Å². The van der Waals surface area contributed by atoms with Crippen LogP contribution in [-0.2, 0) is 9.59 Å². The monoisotopic (exact) mass is 307 g/mol. The van der Waals surface area contributed by atoms with Gasteiger partial charge in [-0.3, -0.25) is 9.59 Å². The molecule has 1 saturated carbocycles. The van der Waals surface area contributed by atoms with E-state index in [2.05, 4.69) is 17.4 Å². The molecule has 0 unspecified atom stereocenters. The van der Waals surface area contributed by atoms with Crippen LogP contribution in [0.25, 0.3) is 0 Å². The van der Waals surface area contributed by atoms with Gasteiger partial charge in [0.1, 0.15) is 5.76 Å². The van der Waals surface area contributed by atoms with Gasteiger partial charge in [-0.05, 0) is 26.2 Å². The van der Waals surface area contributed by atoms with Gasteiger partial charge in [-0.2, -0.15) is 0 Å². The second-order valence-corrected chi connectivity index (χ2v) is 5.97. The van der Waals surface area contributed by atoms with Crippen LogP contribution in [0.15, 0.2) is 10.6 Å². The van der Waals surface area contributed by atoms with Gasteiger partial charge in [-0.1, -0.05) is 31.3 Å². The van der Waals surface area contributed by atoms with Crippen molar-refractivity contribution in [1.82, 2.24) is 10.1 Å². The Labute approximate surface area is 131 Å². The number of unbranched alkanes of at least 4 members (excludes halogenated alkanes) is 1. The molecule has 6 nitrogen and oxygen atoms in total. The predicted octanol–water partition coefficient (Wildman–Crippen LogP) is 2.74. The molecule has 1 aliphatic carbocycles. The van der Waals surface area contributed by atoms with Crippen LogP contribution < -0.4 is 5.32 Å². The minimum absolute atomic E-state index is 0.0846. The summed E-state index contributed by atoms with van der Waals surface area (Å²) in [6, 6.07) is 1.66. The van der Waals surface area contributed by atoms with Crippen molar-refractivity contribution in [2.75, 3.05) is 18.4 Å². The van der Waals surface area contributed by atoms with Crippen molar-refractivity contribution in [3.8, 4) is 0 Å². The highest BCUT2D eigenvalue weighted by Gasteiger charge is 2.28. The van der Waals surface area contributed by atoms with Crippen LogP contribution >= 0.6 is 0 Å². The number of aryl methyl sites for hydroxylation is 1. The van der Waals surface area contributed by atoms with Gasteiger partial charge in [0, 0.05) is 18.5 Å². The highest BCUT2D eigenvalue weighted by molar-refractivity contribution is 5.94. The molecule has 1 aliphatic rings. The number of nitrogens with one attached hydrogen (secondary N) is 1. The van der Waals surface area contributed by atoms with Gasteiger partial charge in [-0.25, -0.2) is 0 Å². The molecular weight excluding hydrogens is 282 g/mol. The molecule has 0 saturated heterocycles. The summed E-state index contributed by atoms with van der Waals surface area (Å²) in [5, 5.41) is 6.41. The maximum absolute atomic E-state index is 12.6. The Morgan fingerprint density at radius 1 is 1.41 bits per heavy atom. The molecule has 122 valence electrons. The number of carbonyl (C=O) groups excluding carboxylic acids is 2. The Morgan fingerprint density at radius 3 is 2.73 bits per heavy atom. The van der Waals surface area contributed by atoms with E-state index in [0.29, 0.717) is 18.1 Å². The Kier molecular flexibility index (Phi) is 5.98. The number of rotatable bonds is 7. The Balaban J connectivity index is 1.92. The zero-order valence-electron chi connectivity index (χ0n) is 13.4. The summed E-state index contributed by atoms with van der Waals surface area (Å²) in [6.45, 7) is 4.56. The zero-order chi connectivity index (χ0) is 15.9. The summed E-state index contributed by atoms with van der Waals surface area (Å²) in [5.41, 5.74) is 0. The number of hydrogen-bond acceptors (Lipinski definition) is 4. The molecule has 22 heavy (non-hydrogen) atoms. The third kappa shape index (κ3) is 4.58. The first-order chi connectivity index (χ1) is 10.6. The summed E-state index contributed by atoms with van der Waals surface area (Å²) in [6.07, 6.45) is 6.04. The third-order valence-electron chi connectivity index (χ3n) is 4.03. The lowest BCUT2D eigenvalue weighted by Gasteiger charge is -2.24. The largest absolute Gasteiger partial charge is 0.360 e. The van der Waals surface area contributed by atoms with E-state index in [1.807, 2.05) is 0 Å². The van der Waals surface area contributed by atoms with Crippen molar-refractivity contribution in [2.45, 2.75) is 52.4 Å². The molecule has 1 aromatic rings. The topological polar surface area (TPSA) is 75.4 Å². The van der Waals surface area contributed by atoms with Gasteiger partial charge in [-0.15, -0.1) is 0 Å². The molecule has 0 aliphatic heterocycles. The Hall–Kier alpha value is -1.85. The van der Waals surface area contributed by atoms with Crippen LogP contribution in [0.4, 0.5) is 5.82 Å². The fraction of sp³-hybridized carbons (Fsp3) is 0.688. The zero-order valence-corrected chi connectivity index (χ0v) is 13.4. The van der Waals surface area contributed by atoms with E-state index in [4.69, 9.17) is 4.52 Å². The molecule has 0 radical (unpaired) electrons. The molecular formula is C16H25N3O3. The quantitative estimate of drug-likeness (QED) is 0.840. The van der Waals surface area contributed by atoms with Gasteiger partial charge in [0.2, 0.25) is 11.8 Å². The van der Waals surface area contributed by atoms with E-state index in [-0.39, 0.29) is 24.3 Å². The van der Waals surface area contributed by atoms with Crippen molar-refractivity contribution in [3.05, 3.63) is 11.8 Å². The van der Waals surface area contributed by atoms with Crippen LogP contribution in [0.1, 0.15) is 51.2 Å². The molecule has 2 rings (SSSR count). The Morgan fingerprint density at radius 2 is 2.14 bits per heavy atom. The van der Waals surface area contributed by atoms with E-state index in [9.17, 15) is 9.59 Å². The van der Waals surface area contributed by atoms with E-state index in [1.165, 1.54) is 0 Å². The molecule has 1 aromatic heterocycles. The highest BCUT2D eigenvalue weighted by Crippen LogP contribution is 2.26. The number of nitrogens with zero attached hydrogens (tertiary/aromatic N) is 2. The summed E-state index contributed by atoms with van der Waals surface area (Å²) >= 11 is 0. The molecule has 1 fully saturated rings. The number of hydrogen-bond donors (Lipinski definition) is 1. The SMILES string of the molecule is CCCCN(CC(=O)Nc1cc(C)on1)C(=O)C1CCCC1. The highest BCUT2D eigenvalue weighted by atomic mass is 16.5. The molecule has 2 amide bonds. The normalized spacial score (nSPS) is 15.0. The molecule has 0 spiro atoms. The van der Waals surface area contributed by atoms with E-state index < -0.39 is 0 Å². The maximum Gasteiger partial charge on any atom is 0.245 e. The lowest BCUT2D eigenvalue weighted by molar-refractivity contribution is -0.138. The van der Waals surface area contributed by atoms with Crippen LogP contribution in [-0.4, -0.2) is 35.0 Å². The Bertz CT molecular complexity index is 506. The van der Waals surface area contributed by atoms with E-state index in [0.717, 1.165) is 38.5 Å². The fourth-order valence-corrected chi connectivity index (χ4v) is 2.83. The standard InChI is InChI=1S/C16H25N3O3/c1-3-4-9-19(16(21)13-7-5-6-8-13)11-15(20)17-14-10-12(2)22-18-14/h10,13H,3-9,11H2,1-2H3,(H,17,18,20). The molecule has 0 atom stereocenters. The first-order valence-corrected chi connectivity index (χ1v) is 8.12. The van der Waals surface area contributed by atoms with Crippen molar-refractivity contribution < 1.29 is 14.1 Å². The maximum atomic E-state index is 12.6. The molecule has 0 aromatic carbocycles.